The number of amides is 1. The molecule has 0 bridgehead atoms. The van der Waals surface area contributed by atoms with Gasteiger partial charge in [0.15, 0.2) is 0 Å². The van der Waals surface area contributed by atoms with Gasteiger partial charge in [-0.3, -0.25) is 4.79 Å². The van der Waals surface area contributed by atoms with Gasteiger partial charge in [-0.15, -0.1) is 0 Å². The van der Waals surface area contributed by atoms with Crippen LogP contribution in [0.3, 0.4) is 0 Å². The molecule has 5 nitrogen and oxygen atoms in total. The highest BCUT2D eigenvalue weighted by molar-refractivity contribution is 5.79. The van der Waals surface area contributed by atoms with Crippen LogP contribution in [0.15, 0.2) is 48.5 Å². The number of likely N-dealkylation sites (N-methyl/N-ethyl adjacent to an activating group) is 1. The lowest BCUT2D eigenvalue weighted by Gasteiger charge is -2.26. The lowest BCUT2D eigenvalue weighted by atomic mass is 10.0. The average Bonchev–Trinajstić information content (AvgIpc) is 2.62. The molecular weight excluding hydrogens is 316 g/mol. The van der Waals surface area contributed by atoms with E-state index in [0.29, 0.717) is 6.54 Å². The first-order valence-electron chi connectivity index (χ1n) is 8.24. The number of benzene rings is 2. The summed E-state index contributed by atoms with van der Waals surface area (Å²) < 4.78 is 10.8. The lowest BCUT2D eigenvalue weighted by molar-refractivity contribution is -0.120. The second-order valence-electron chi connectivity index (χ2n) is 6.01. The Balaban J connectivity index is 2.05. The van der Waals surface area contributed by atoms with E-state index in [2.05, 4.69) is 10.2 Å². The minimum atomic E-state index is -0.0359. The fraction of sp³-hybridized carbons (Fsp3) is 0.350. The van der Waals surface area contributed by atoms with Crippen LogP contribution < -0.4 is 14.8 Å². The third-order valence-electron chi connectivity index (χ3n) is 4.16. The summed E-state index contributed by atoms with van der Waals surface area (Å²) in [7, 11) is 7.25. The van der Waals surface area contributed by atoms with Crippen LogP contribution >= 0.6 is 0 Å². The van der Waals surface area contributed by atoms with Crippen LogP contribution in [0.5, 0.6) is 11.5 Å². The van der Waals surface area contributed by atoms with Crippen molar-refractivity contribution in [1.82, 2.24) is 10.2 Å². The molecule has 25 heavy (non-hydrogen) atoms. The number of para-hydroxylation sites is 2. The number of carbonyl (C=O) groups is 1. The molecule has 5 heteroatoms. The number of carbonyl (C=O) groups excluding carboxylic acids is 1. The van der Waals surface area contributed by atoms with Crippen LogP contribution in [0, 0.1) is 0 Å². The second kappa shape index (κ2) is 9.08. The quantitative estimate of drug-likeness (QED) is 0.801. The zero-order chi connectivity index (χ0) is 18.2. The summed E-state index contributed by atoms with van der Waals surface area (Å²) in [6, 6.07) is 15.5. The Labute approximate surface area is 149 Å². The van der Waals surface area contributed by atoms with E-state index >= 15 is 0 Å². The maximum absolute atomic E-state index is 12.4. The fourth-order valence-electron chi connectivity index (χ4n) is 2.81. The molecule has 0 saturated heterocycles. The minimum absolute atomic E-state index is 0.0257. The van der Waals surface area contributed by atoms with E-state index in [1.807, 2.05) is 62.6 Å². The zero-order valence-electron chi connectivity index (χ0n) is 15.3. The number of nitrogens with zero attached hydrogens (tertiary/aromatic N) is 1. The summed E-state index contributed by atoms with van der Waals surface area (Å²) in [5.74, 6) is 1.51. The summed E-state index contributed by atoms with van der Waals surface area (Å²) in [6.45, 7) is 0.501. The minimum Gasteiger partial charge on any atom is -0.496 e. The standard InChI is InChI=1S/C20H26N2O3/c1-22(2)17(16-10-6-8-12-19(16)25-4)14-21-20(23)13-15-9-5-7-11-18(15)24-3/h5-12,17H,13-14H2,1-4H3,(H,21,23). The molecule has 2 rings (SSSR count). The van der Waals surface area contributed by atoms with Crippen LogP contribution in [0.25, 0.3) is 0 Å². The molecule has 0 aliphatic carbocycles. The van der Waals surface area contributed by atoms with Gasteiger partial charge < -0.3 is 19.7 Å². The Bertz CT molecular complexity index is 701. The smallest absolute Gasteiger partial charge is 0.224 e. The normalized spacial score (nSPS) is 11.9. The number of ether oxygens (including phenoxy) is 2. The first kappa shape index (κ1) is 18.8. The van der Waals surface area contributed by atoms with Gasteiger partial charge in [-0.25, -0.2) is 0 Å². The largest absolute Gasteiger partial charge is 0.496 e. The van der Waals surface area contributed by atoms with E-state index in [9.17, 15) is 4.79 Å². The van der Waals surface area contributed by atoms with Crippen molar-refractivity contribution < 1.29 is 14.3 Å². The maximum atomic E-state index is 12.4. The molecule has 1 amide bonds. The van der Waals surface area contributed by atoms with E-state index in [0.717, 1.165) is 22.6 Å². The Morgan fingerprint density at radius 2 is 1.60 bits per heavy atom. The summed E-state index contributed by atoms with van der Waals surface area (Å²) >= 11 is 0. The Kier molecular flexibility index (Phi) is 6.83. The second-order valence-corrected chi connectivity index (χ2v) is 6.01. The van der Waals surface area contributed by atoms with Gasteiger partial charge in [-0.2, -0.15) is 0 Å². The molecule has 0 aliphatic rings. The molecule has 0 aromatic heterocycles. The van der Waals surface area contributed by atoms with Crippen molar-refractivity contribution in [3.63, 3.8) is 0 Å². The van der Waals surface area contributed by atoms with Gasteiger partial charge in [-0.1, -0.05) is 36.4 Å². The zero-order valence-corrected chi connectivity index (χ0v) is 15.3. The van der Waals surface area contributed by atoms with E-state index in [1.54, 1.807) is 14.2 Å². The summed E-state index contributed by atoms with van der Waals surface area (Å²) in [4.78, 5) is 14.4. The first-order valence-corrected chi connectivity index (χ1v) is 8.24. The highest BCUT2D eigenvalue weighted by Gasteiger charge is 2.19. The predicted octanol–water partition coefficient (Wildman–Crippen LogP) is 2.67. The molecule has 2 aromatic rings. The maximum Gasteiger partial charge on any atom is 0.224 e. The first-order chi connectivity index (χ1) is 12.1. The molecule has 0 aliphatic heterocycles. The van der Waals surface area contributed by atoms with Crippen molar-refractivity contribution in [2.24, 2.45) is 0 Å². The van der Waals surface area contributed by atoms with Gasteiger partial charge in [0.05, 0.1) is 26.7 Å². The number of rotatable bonds is 8. The van der Waals surface area contributed by atoms with Gasteiger partial charge in [-0.05, 0) is 26.2 Å². The third kappa shape index (κ3) is 4.97. The number of methoxy groups -OCH3 is 2. The molecular formula is C20H26N2O3. The van der Waals surface area contributed by atoms with Gasteiger partial charge >= 0.3 is 0 Å². The molecule has 1 atom stereocenters. The Morgan fingerprint density at radius 1 is 1.00 bits per heavy atom. The SMILES string of the molecule is COc1ccccc1CC(=O)NCC(c1ccccc1OC)N(C)C. The van der Waals surface area contributed by atoms with Crippen molar-refractivity contribution in [1.29, 1.82) is 0 Å². The van der Waals surface area contributed by atoms with E-state index in [-0.39, 0.29) is 18.4 Å². The Hall–Kier alpha value is -2.53. The van der Waals surface area contributed by atoms with E-state index < -0.39 is 0 Å². The molecule has 0 fully saturated rings. The highest BCUT2D eigenvalue weighted by atomic mass is 16.5. The van der Waals surface area contributed by atoms with Gasteiger partial charge in [0.2, 0.25) is 5.91 Å². The molecule has 0 spiro atoms. The van der Waals surface area contributed by atoms with Gasteiger partial charge in [0, 0.05) is 17.7 Å². The van der Waals surface area contributed by atoms with Gasteiger partial charge in [0.1, 0.15) is 11.5 Å². The van der Waals surface area contributed by atoms with Crippen molar-refractivity contribution >= 4 is 5.91 Å². The summed E-state index contributed by atoms with van der Waals surface area (Å²) in [6.07, 6.45) is 0.288. The molecule has 134 valence electrons. The predicted molar refractivity (Wildman–Crippen MR) is 99.1 cm³/mol. The number of hydrogen-bond donors (Lipinski definition) is 1. The molecule has 0 saturated carbocycles. The van der Waals surface area contributed by atoms with E-state index in [1.165, 1.54) is 0 Å². The van der Waals surface area contributed by atoms with Crippen LogP contribution in [0.1, 0.15) is 17.2 Å². The van der Waals surface area contributed by atoms with E-state index in [4.69, 9.17) is 9.47 Å². The van der Waals surface area contributed by atoms with Crippen molar-refractivity contribution in [3.05, 3.63) is 59.7 Å². The molecule has 2 aromatic carbocycles. The highest BCUT2D eigenvalue weighted by Crippen LogP contribution is 2.27. The van der Waals surface area contributed by atoms with Crippen LogP contribution in [0.4, 0.5) is 0 Å². The molecule has 0 radical (unpaired) electrons. The lowest BCUT2D eigenvalue weighted by Crippen LogP contribution is -2.35. The van der Waals surface area contributed by atoms with Crippen LogP contribution in [0.2, 0.25) is 0 Å². The average molecular weight is 342 g/mol. The third-order valence-corrected chi connectivity index (χ3v) is 4.16. The summed E-state index contributed by atoms with van der Waals surface area (Å²) in [5, 5.41) is 3.02. The van der Waals surface area contributed by atoms with Gasteiger partial charge in [0.25, 0.3) is 0 Å². The van der Waals surface area contributed by atoms with Crippen molar-refractivity contribution in [3.8, 4) is 11.5 Å². The van der Waals surface area contributed by atoms with Crippen LogP contribution in [-0.2, 0) is 11.2 Å². The summed E-state index contributed by atoms with van der Waals surface area (Å²) in [5.41, 5.74) is 1.92. The monoisotopic (exact) mass is 342 g/mol. The molecule has 1 unspecified atom stereocenters. The fourth-order valence-corrected chi connectivity index (χ4v) is 2.81. The molecule has 0 heterocycles. The Morgan fingerprint density at radius 3 is 2.24 bits per heavy atom. The molecule has 1 N–H and O–H groups in total. The topological polar surface area (TPSA) is 50.8 Å². The van der Waals surface area contributed by atoms with Crippen LogP contribution in [-0.4, -0.2) is 45.7 Å². The van der Waals surface area contributed by atoms with Crippen molar-refractivity contribution in [2.45, 2.75) is 12.5 Å². The number of nitrogens with one attached hydrogen (secondary N) is 1. The van der Waals surface area contributed by atoms with Crippen molar-refractivity contribution in [2.75, 3.05) is 34.9 Å². The number of hydrogen-bond acceptors (Lipinski definition) is 4.